The highest BCUT2D eigenvalue weighted by molar-refractivity contribution is 9.10. The van der Waals surface area contributed by atoms with E-state index in [1.165, 1.54) is 37.3 Å². The fraction of sp³-hybridized carbons (Fsp3) is 0.278. The number of carbonyl (C=O) groups excluding carboxylic acids is 2. The molecule has 0 radical (unpaired) electrons. The van der Waals surface area contributed by atoms with Crippen molar-refractivity contribution in [2.75, 3.05) is 31.6 Å². The summed E-state index contributed by atoms with van der Waals surface area (Å²) < 4.78 is 41.2. The average Bonchev–Trinajstić information content (AvgIpc) is 3.10. The number of hydrogen-bond donors (Lipinski definition) is 1. The van der Waals surface area contributed by atoms with Crippen LogP contribution in [0.1, 0.15) is 30.9 Å². The molecule has 4 aromatic carbocycles. The summed E-state index contributed by atoms with van der Waals surface area (Å²) in [6.07, 6.45) is 1.92. The van der Waals surface area contributed by atoms with Crippen LogP contribution in [0.3, 0.4) is 0 Å². The Morgan fingerprint density at radius 3 is 2.09 bits per heavy atom. The Labute approximate surface area is 285 Å². The van der Waals surface area contributed by atoms with Crippen molar-refractivity contribution in [2.45, 2.75) is 43.7 Å². The number of rotatable bonds is 16. The van der Waals surface area contributed by atoms with Crippen LogP contribution in [0, 0.1) is 0 Å². The predicted molar refractivity (Wildman–Crippen MR) is 187 cm³/mol. The fourth-order valence-corrected chi connectivity index (χ4v) is 6.77. The van der Waals surface area contributed by atoms with Crippen molar-refractivity contribution in [3.63, 3.8) is 0 Å². The maximum Gasteiger partial charge on any atom is 0.264 e. The molecule has 0 bridgehead atoms. The lowest BCUT2D eigenvalue weighted by Crippen LogP contribution is -2.53. The van der Waals surface area contributed by atoms with Crippen molar-refractivity contribution in [1.82, 2.24) is 10.2 Å². The number of methoxy groups -OCH3 is 2. The first-order valence-corrected chi connectivity index (χ1v) is 17.6. The maximum atomic E-state index is 14.6. The zero-order chi connectivity index (χ0) is 33.8. The smallest absolute Gasteiger partial charge is 0.264 e. The van der Waals surface area contributed by atoms with E-state index in [1.807, 2.05) is 61.5 Å². The lowest BCUT2D eigenvalue weighted by Gasteiger charge is -2.34. The molecule has 0 aliphatic heterocycles. The van der Waals surface area contributed by atoms with E-state index in [0.717, 1.165) is 32.7 Å². The van der Waals surface area contributed by atoms with Crippen molar-refractivity contribution >= 4 is 43.5 Å². The van der Waals surface area contributed by atoms with Crippen molar-refractivity contribution in [3.8, 4) is 11.5 Å². The molecule has 0 aliphatic carbocycles. The normalized spacial score (nSPS) is 11.7. The molecule has 11 heteroatoms. The molecule has 0 saturated carbocycles. The van der Waals surface area contributed by atoms with Gasteiger partial charge in [-0.25, -0.2) is 8.42 Å². The van der Waals surface area contributed by atoms with Gasteiger partial charge in [-0.2, -0.15) is 0 Å². The number of sulfonamides is 1. The number of anilines is 1. The highest BCUT2D eigenvalue weighted by Gasteiger charge is 2.35. The van der Waals surface area contributed by atoms with Crippen LogP contribution in [-0.4, -0.2) is 58.5 Å². The minimum atomic E-state index is -4.25. The number of amides is 2. The monoisotopic (exact) mass is 721 g/mol. The van der Waals surface area contributed by atoms with Gasteiger partial charge in [0, 0.05) is 30.0 Å². The van der Waals surface area contributed by atoms with E-state index in [4.69, 9.17) is 9.47 Å². The second-order valence-electron chi connectivity index (χ2n) is 10.9. The summed E-state index contributed by atoms with van der Waals surface area (Å²) in [6.45, 7) is 2.00. The van der Waals surface area contributed by atoms with Crippen LogP contribution in [0.15, 0.2) is 112 Å². The SMILES string of the molecule is CCCCNC(=O)[C@@H](Cc1ccccc1)N(Cc1ccc(Br)cc1)C(=O)CN(c1ccc(OC)c(OC)c1)S(=O)(=O)c1ccccc1. The van der Waals surface area contributed by atoms with Gasteiger partial charge in [0.2, 0.25) is 11.8 Å². The summed E-state index contributed by atoms with van der Waals surface area (Å²) in [7, 11) is -1.31. The molecule has 0 unspecified atom stereocenters. The van der Waals surface area contributed by atoms with Gasteiger partial charge < -0.3 is 19.7 Å². The molecule has 248 valence electrons. The number of unbranched alkanes of at least 4 members (excludes halogenated alkanes) is 1. The van der Waals surface area contributed by atoms with Crippen LogP contribution >= 0.6 is 15.9 Å². The summed E-state index contributed by atoms with van der Waals surface area (Å²) in [6, 6.07) is 28.6. The van der Waals surface area contributed by atoms with Gasteiger partial charge in [0.05, 0.1) is 24.8 Å². The zero-order valence-corrected chi connectivity index (χ0v) is 29.2. The predicted octanol–water partition coefficient (Wildman–Crippen LogP) is 6.22. The molecule has 47 heavy (non-hydrogen) atoms. The minimum absolute atomic E-state index is 0.0141. The fourth-order valence-electron chi connectivity index (χ4n) is 5.08. The highest BCUT2D eigenvalue weighted by Crippen LogP contribution is 2.34. The van der Waals surface area contributed by atoms with E-state index < -0.39 is 28.5 Å². The molecule has 2 amide bonds. The minimum Gasteiger partial charge on any atom is -0.493 e. The molecule has 0 aromatic heterocycles. The largest absolute Gasteiger partial charge is 0.493 e. The van der Waals surface area contributed by atoms with E-state index in [2.05, 4.69) is 21.2 Å². The molecule has 0 heterocycles. The van der Waals surface area contributed by atoms with Gasteiger partial charge >= 0.3 is 0 Å². The number of carbonyl (C=O) groups is 2. The number of benzene rings is 4. The van der Waals surface area contributed by atoms with Gasteiger partial charge in [0.25, 0.3) is 10.0 Å². The second kappa shape index (κ2) is 17.0. The average molecular weight is 723 g/mol. The van der Waals surface area contributed by atoms with Gasteiger partial charge in [-0.15, -0.1) is 0 Å². The molecule has 1 atom stereocenters. The molecular weight excluding hydrogens is 682 g/mol. The number of nitrogens with one attached hydrogen (secondary N) is 1. The summed E-state index contributed by atoms with van der Waals surface area (Å²) in [5, 5.41) is 3.00. The highest BCUT2D eigenvalue weighted by atomic mass is 79.9. The van der Waals surface area contributed by atoms with Crippen molar-refractivity contribution in [2.24, 2.45) is 0 Å². The second-order valence-corrected chi connectivity index (χ2v) is 13.6. The lowest BCUT2D eigenvalue weighted by atomic mass is 10.0. The first kappa shape index (κ1) is 35.5. The van der Waals surface area contributed by atoms with E-state index in [9.17, 15) is 18.0 Å². The first-order chi connectivity index (χ1) is 22.7. The van der Waals surface area contributed by atoms with Crippen LogP contribution in [-0.2, 0) is 32.6 Å². The summed E-state index contributed by atoms with van der Waals surface area (Å²) in [5.41, 5.74) is 1.85. The Morgan fingerprint density at radius 2 is 1.47 bits per heavy atom. The third-order valence-corrected chi connectivity index (χ3v) is 9.95. The third kappa shape index (κ3) is 9.36. The Kier molecular flexibility index (Phi) is 12.8. The number of ether oxygens (including phenoxy) is 2. The molecule has 0 saturated heterocycles. The number of nitrogens with zero attached hydrogens (tertiary/aromatic N) is 2. The molecule has 0 fully saturated rings. The van der Waals surface area contributed by atoms with Gasteiger partial charge in [-0.3, -0.25) is 13.9 Å². The summed E-state index contributed by atoms with van der Waals surface area (Å²) >= 11 is 3.46. The Hall–Kier alpha value is -4.35. The van der Waals surface area contributed by atoms with Crippen LogP contribution in [0.5, 0.6) is 11.5 Å². The topological polar surface area (TPSA) is 105 Å². The molecule has 9 nitrogen and oxygen atoms in total. The summed E-state index contributed by atoms with van der Waals surface area (Å²) in [5.74, 6) is -0.150. The lowest BCUT2D eigenvalue weighted by molar-refractivity contribution is -0.140. The van der Waals surface area contributed by atoms with Crippen LogP contribution < -0.4 is 19.1 Å². The van der Waals surface area contributed by atoms with E-state index in [1.54, 1.807) is 30.3 Å². The number of halogens is 1. The van der Waals surface area contributed by atoms with E-state index in [-0.39, 0.29) is 29.5 Å². The van der Waals surface area contributed by atoms with Crippen molar-refractivity contribution < 1.29 is 27.5 Å². The molecule has 4 rings (SSSR count). The van der Waals surface area contributed by atoms with Crippen LogP contribution in [0.2, 0.25) is 0 Å². The zero-order valence-electron chi connectivity index (χ0n) is 26.8. The molecule has 4 aromatic rings. The molecular formula is C36H40BrN3O6S. The number of hydrogen-bond acceptors (Lipinski definition) is 6. The first-order valence-electron chi connectivity index (χ1n) is 15.3. The Balaban J connectivity index is 1.81. The Bertz CT molecular complexity index is 1720. The van der Waals surface area contributed by atoms with Gasteiger partial charge in [-0.1, -0.05) is 89.9 Å². The van der Waals surface area contributed by atoms with Gasteiger partial charge in [0.15, 0.2) is 11.5 Å². The van der Waals surface area contributed by atoms with Crippen molar-refractivity contribution in [3.05, 3.63) is 119 Å². The summed E-state index contributed by atoms with van der Waals surface area (Å²) in [4.78, 5) is 30.0. The Morgan fingerprint density at radius 1 is 0.830 bits per heavy atom. The molecule has 0 spiro atoms. The van der Waals surface area contributed by atoms with E-state index in [0.29, 0.717) is 18.0 Å². The standard InChI is InChI=1S/C36H40BrN3O6S/c1-4-5-22-38-36(42)32(23-27-12-8-6-9-13-27)39(25-28-16-18-29(37)19-17-28)35(41)26-40(47(43,44)31-14-10-7-11-15-31)30-20-21-33(45-2)34(24-30)46-3/h6-21,24,32H,4-5,22-23,25-26H2,1-3H3,(H,38,42)/t32-/m1/s1. The van der Waals surface area contributed by atoms with Gasteiger partial charge in [0.1, 0.15) is 12.6 Å². The maximum absolute atomic E-state index is 14.6. The van der Waals surface area contributed by atoms with Crippen LogP contribution in [0.4, 0.5) is 5.69 Å². The molecule has 1 N–H and O–H groups in total. The van der Waals surface area contributed by atoms with Gasteiger partial charge in [-0.05, 0) is 53.9 Å². The third-order valence-electron chi connectivity index (χ3n) is 7.63. The van der Waals surface area contributed by atoms with E-state index >= 15 is 0 Å². The molecule has 0 aliphatic rings. The van der Waals surface area contributed by atoms with Crippen molar-refractivity contribution in [1.29, 1.82) is 0 Å². The van der Waals surface area contributed by atoms with Crippen LogP contribution in [0.25, 0.3) is 0 Å². The quantitative estimate of drug-likeness (QED) is 0.138.